The van der Waals surface area contributed by atoms with E-state index < -0.39 is 0 Å². The molecule has 1 aliphatic carbocycles. The van der Waals surface area contributed by atoms with Gasteiger partial charge in [-0.15, -0.1) is 0 Å². The van der Waals surface area contributed by atoms with Crippen molar-refractivity contribution in [3.63, 3.8) is 0 Å². The molecule has 1 aliphatic rings. The quantitative estimate of drug-likeness (QED) is 0.829. The first-order valence-electron chi connectivity index (χ1n) is 7.02. The lowest BCUT2D eigenvalue weighted by molar-refractivity contribution is 0.482. The molecule has 100 valence electrons. The van der Waals surface area contributed by atoms with E-state index in [2.05, 4.69) is 62.4 Å². The summed E-state index contributed by atoms with van der Waals surface area (Å²) in [5.41, 5.74) is 3.28. The summed E-state index contributed by atoms with van der Waals surface area (Å²) in [5.74, 6) is 0.614. The van der Waals surface area contributed by atoms with Crippen LogP contribution in [0, 0.1) is 5.41 Å². The molecule has 0 radical (unpaired) electrons. The zero-order valence-electron chi connectivity index (χ0n) is 12.2. The van der Waals surface area contributed by atoms with Crippen molar-refractivity contribution in [2.45, 2.75) is 32.6 Å². The highest BCUT2D eigenvalue weighted by Gasteiger charge is 2.42. The Labute approximate surface area is 111 Å². The number of hydrogen-bond acceptors (Lipinski definition) is 2. The molecule has 0 amide bonds. The first-order valence-corrected chi connectivity index (χ1v) is 7.02. The summed E-state index contributed by atoms with van der Waals surface area (Å²) in [6.07, 6.45) is 2.73. The highest BCUT2D eigenvalue weighted by molar-refractivity contribution is 5.47. The van der Waals surface area contributed by atoms with E-state index in [4.69, 9.17) is 0 Å². The Balaban J connectivity index is 1.98. The highest BCUT2D eigenvalue weighted by atomic mass is 15.1. The van der Waals surface area contributed by atoms with Gasteiger partial charge in [0, 0.05) is 31.2 Å². The van der Waals surface area contributed by atoms with Crippen LogP contribution in [0.15, 0.2) is 24.3 Å². The Hall–Kier alpha value is -1.02. The molecule has 1 N–H and O–H groups in total. The summed E-state index contributed by atoms with van der Waals surface area (Å²) < 4.78 is 0. The fraction of sp³-hybridized carbons (Fsp3) is 0.625. The zero-order valence-corrected chi connectivity index (χ0v) is 12.2. The van der Waals surface area contributed by atoms with E-state index >= 15 is 0 Å². The van der Waals surface area contributed by atoms with Crippen molar-refractivity contribution in [3.8, 4) is 0 Å². The minimum atomic E-state index is 0.528. The molecule has 0 unspecified atom stereocenters. The molecule has 1 aromatic carbocycles. The van der Waals surface area contributed by atoms with Gasteiger partial charge in [0.25, 0.3) is 0 Å². The van der Waals surface area contributed by atoms with E-state index in [0.717, 1.165) is 13.1 Å². The van der Waals surface area contributed by atoms with E-state index in [1.165, 1.54) is 24.1 Å². The van der Waals surface area contributed by atoms with Gasteiger partial charge < -0.3 is 10.2 Å². The van der Waals surface area contributed by atoms with Crippen LogP contribution in [0.25, 0.3) is 0 Å². The van der Waals surface area contributed by atoms with Crippen molar-refractivity contribution < 1.29 is 0 Å². The minimum Gasteiger partial charge on any atom is -0.374 e. The maximum Gasteiger partial charge on any atom is 0.0363 e. The third-order valence-electron chi connectivity index (χ3n) is 4.08. The minimum absolute atomic E-state index is 0.528. The molecular formula is C16H26N2. The topological polar surface area (TPSA) is 15.3 Å². The fourth-order valence-electron chi connectivity index (χ4n) is 2.65. The van der Waals surface area contributed by atoms with Crippen LogP contribution in [0.1, 0.15) is 38.2 Å². The Morgan fingerprint density at radius 2 is 1.83 bits per heavy atom. The standard InChI is InChI=1S/C16H26N2/c1-13(2)14-5-7-15(8-6-14)18(4)12-16(9-10-16)11-17-3/h5-8,13,17H,9-12H2,1-4H3. The number of benzene rings is 1. The molecule has 0 spiro atoms. The van der Waals surface area contributed by atoms with Crippen LogP contribution in [-0.4, -0.2) is 27.2 Å². The highest BCUT2D eigenvalue weighted by Crippen LogP contribution is 2.45. The summed E-state index contributed by atoms with van der Waals surface area (Å²) in [6, 6.07) is 9.03. The lowest BCUT2D eigenvalue weighted by atomic mass is 10.0. The normalized spacial score (nSPS) is 16.9. The van der Waals surface area contributed by atoms with Gasteiger partial charge in [0.2, 0.25) is 0 Å². The van der Waals surface area contributed by atoms with Crippen molar-refractivity contribution in [2.75, 3.05) is 32.1 Å². The van der Waals surface area contributed by atoms with Gasteiger partial charge in [0.15, 0.2) is 0 Å². The van der Waals surface area contributed by atoms with E-state index in [1.807, 2.05) is 0 Å². The van der Waals surface area contributed by atoms with Crippen LogP contribution < -0.4 is 10.2 Å². The zero-order chi connectivity index (χ0) is 13.2. The fourth-order valence-corrected chi connectivity index (χ4v) is 2.65. The molecule has 0 saturated heterocycles. The Kier molecular flexibility index (Phi) is 3.96. The molecule has 18 heavy (non-hydrogen) atoms. The lowest BCUT2D eigenvalue weighted by Crippen LogP contribution is -2.32. The van der Waals surface area contributed by atoms with Crippen molar-refractivity contribution >= 4 is 5.69 Å². The maximum atomic E-state index is 3.32. The van der Waals surface area contributed by atoms with E-state index in [0.29, 0.717) is 11.3 Å². The van der Waals surface area contributed by atoms with Crippen LogP contribution in [0.5, 0.6) is 0 Å². The number of nitrogens with zero attached hydrogens (tertiary/aromatic N) is 1. The Morgan fingerprint density at radius 1 is 1.22 bits per heavy atom. The molecule has 0 aliphatic heterocycles. The van der Waals surface area contributed by atoms with Crippen LogP contribution in [0.3, 0.4) is 0 Å². The van der Waals surface area contributed by atoms with Gasteiger partial charge in [-0.05, 0) is 43.5 Å². The number of rotatable bonds is 6. The smallest absolute Gasteiger partial charge is 0.0363 e. The molecule has 2 rings (SSSR count). The number of anilines is 1. The third-order valence-corrected chi connectivity index (χ3v) is 4.08. The van der Waals surface area contributed by atoms with Gasteiger partial charge in [-0.3, -0.25) is 0 Å². The average Bonchev–Trinajstić information content (AvgIpc) is 3.09. The van der Waals surface area contributed by atoms with Crippen LogP contribution in [-0.2, 0) is 0 Å². The summed E-state index contributed by atoms with van der Waals surface area (Å²) in [6.45, 7) is 6.78. The van der Waals surface area contributed by atoms with Crippen LogP contribution >= 0.6 is 0 Å². The number of nitrogens with one attached hydrogen (secondary N) is 1. The molecular weight excluding hydrogens is 220 g/mol. The predicted molar refractivity (Wildman–Crippen MR) is 79.4 cm³/mol. The summed E-state index contributed by atoms with van der Waals surface area (Å²) in [5, 5.41) is 3.32. The van der Waals surface area contributed by atoms with Gasteiger partial charge in [0.05, 0.1) is 0 Å². The molecule has 2 nitrogen and oxygen atoms in total. The van der Waals surface area contributed by atoms with E-state index in [1.54, 1.807) is 0 Å². The molecule has 0 aromatic heterocycles. The number of hydrogen-bond donors (Lipinski definition) is 1. The first kappa shape index (κ1) is 13.4. The predicted octanol–water partition coefficient (Wildman–Crippen LogP) is 3.25. The average molecular weight is 246 g/mol. The van der Waals surface area contributed by atoms with Crippen molar-refractivity contribution in [2.24, 2.45) is 5.41 Å². The van der Waals surface area contributed by atoms with E-state index in [-0.39, 0.29) is 0 Å². The molecule has 0 atom stereocenters. The lowest BCUT2D eigenvalue weighted by Gasteiger charge is -2.26. The van der Waals surface area contributed by atoms with Gasteiger partial charge in [-0.25, -0.2) is 0 Å². The Morgan fingerprint density at radius 3 is 2.28 bits per heavy atom. The maximum absolute atomic E-state index is 3.32. The second kappa shape index (κ2) is 5.31. The van der Waals surface area contributed by atoms with Gasteiger partial charge in [-0.1, -0.05) is 26.0 Å². The molecule has 0 bridgehead atoms. The first-order chi connectivity index (χ1) is 8.56. The second-order valence-electron chi connectivity index (χ2n) is 6.13. The van der Waals surface area contributed by atoms with E-state index in [9.17, 15) is 0 Å². The van der Waals surface area contributed by atoms with Gasteiger partial charge in [-0.2, -0.15) is 0 Å². The molecule has 1 aromatic rings. The van der Waals surface area contributed by atoms with Gasteiger partial charge in [0.1, 0.15) is 0 Å². The van der Waals surface area contributed by atoms with Gasteiger partial charge >= 0.3 is 0 Å². The summed E-state index contributed by atoms with van der Waals surface area (Å²) >= 11 is 0. The third kappa shape index (κ3) is 3.05. The second-order valence-corrected chi connectivity index (χ2v) is 6.13. The summed E-state index contributed by atoms with van der Waals surface area (Å²) in [4.78, 5) is 2.40. The van der Waals surface area contributed by atoms with Crippen LogP contribution in [0.4, 0.5) is 5.69 Å². The molecule has 0 heterocycles. The van der Waals surface area contributed by atoms with Crippen molar-refractivity contribution in [1.82, 2.24) is 5.32 Å². The van der Waals surface area contributed by atoms with Crippen molar-refractivity contribution in [1.29, 1.82) is 0 Å². The Bertz CT molecular complexity index is 377. The van der Waals surface area contributed by atoms with Crippen LogP contribution in [0.2, 0.25) is 0 Å². The SMILES string of the molecule is CNCC1(CN(C)c2ccc(C(C)C)cc2)CC1. The van der Waals surface area contributed by atoms with Crippen molar-refractivity contribution in [3.05, 3.63) is 29.8 Å². The monoisotopic (exact) mass is 246 g/mol. The molecule has 2 heteroatoms. The molecule has 1 fully saturated rings. The molecule has 1 saturated carbocycles. The largest absolute Gasteiger partial charge is 0.374 e. The summed E-state index contributed by atoms with van der Waals surface area (Å²) in [7, 11) is 4.26.